The first kappa shape index (κ1) is 23.4. The summed E-state index contributed by atoms with van der Waals surface area (Å²) in [5.41, 5.74) is 4.59. The van der Waals surface area contributed by atoms with Gasteiger partial charge in [0.25, 0.3) is 0 Å². The number of Topliss-reactive ketones (excluding diaryl/α,β-unsaturated/α-hetero) is 2. The summed E-state index contributed by atoms with van der Waals surface area (Å²) in [7, 11) is 0. The quantitative estimate of drug-likeness (QED) is 0.654. The largest absolute Gasteiger partial charge is 0.353 e. The first-order valence-electron chi connectivity index (χ1n) is 12.6. The third kappa shape index (κ3) is 4.65. The molecule has 5 rings (SSSR count). The highest BCUT2D eigenvalue weighted by atomic mass is 16.2. The highest BCUT2D eigenvalue weighted by molar-refractivity contribution is 6.10. The maximum absolute atomic E-state index is 13.4. The predicted octanol–water partition coefficient (Wildman–Crippen LogP) is 4.71. The van der Waals surface area contributed by atoms with Gasteiger partial charge in [0.2, 0.25) is 5.91 Å². The van der Waals surface area contributed by atoms with Gasteiger partial charge in [0.05, 0.1) is 11.3 Å². The SMILES string of the molecule is Cc1cc(-c2ccc(C#N)cn2)cc(C)c1C1C(=O)CC2(CCC(NC(=O)C3CC3)CC2)CC1=O. The first-order valence-corrected chi connectivity index (χ1v) is 12.6. The second-order valence-electron chi connectivity index (χ2n) is 10.8. The predicted molar refractivity (Wildman–Crippen MR) is 131 cm³/mol. The van der Waals surface area contributed by atoms with Gasteiger partial charge in [0, 0.05) is 36.6 Å². The summed E-state index contributed by atoms with van der Waals surface area (Å²) >= 11 is 0. The van der Waals surface area contributed by atoms with Crippen molar-refractivity contribution in [3.05, 3.63) is 52.7 Å². The number of nitrogens with zero attached hydrogens (tertiary/aromatic N) is 2. The Morgan fingerprint density at radius 3 is 2.17 bits per heavy atom. The number of amides is 1. The lowest BCUT2D eigenvalue weighted by atomic mass is 9.60. The number of pyridine rings is 1. The molecule has 1 spiro atoms. The van der Waals surface area contributed by atoms with Crippen molar-refractivity contribution in [3.8, 4) is 17.3 Å². The Bertz CT molecular complexity index is 1190. The molecule has 180 valence electrons. The van der Waals surface area contributed by atoms with Gasteiger partial charge in [-0.25, -0.2) is 0 Å². The van der Waals surface area contributed by atoms with Crippen LogP contribution in [0.3, 0.4) is 0 Å². The molecule has 35 heavy (non-hydrogen) atoms. The topological polar surface area (TPSA) is 99.9 Å². The normalized spacial score (nSPS) is 26.4. The van der Waals surface area contributed by atoms with Gasteiger partial charge >= 0.3 is 0 Å². The zero-order chi connectivity index (χ0) is 24.7. The third-order valence-electron chi connectivity index (χ3n) is 8.15. The molecule has 1 aromatic carbocycles. The molecular formula is C29H31N3O3. The number of carbonyl (C=O) groups is 3. The minimum absolute atomic E-state index is 0.0252. The molecule has 0 aliphatic heterocycles. The highest BCUT2D eigenvalue weighted by Crippen LogP contribution is 2.49. The van der Waals surface area contributed by atoms with Crippen LogP contribution in [0, 0.1) is 36.5 Å². The number of benzene rings is 1. The van der Waals surface area contributed by atoms with E-state index >= 15 is 0 Å². The van der Waals surface area contributed by atoms with Crippen LogP contribution < -0.4 is 5.32 Å². The first-order chi connectivity index (χ1) is 16.8. The summed E-state index contributed by atoms with van der Waals surface area (Å²) in [5, 5.41) is 12.2. The van der Waals surface area contributed by atoms with Gasteiger partial charge in [-0.1, -0.05) is 0 Å². The minimum Gasteiger partial charge on any atom is -0.353 e. The number of aryl methyl sites for hydroxylation is 2. The van der Waals surface area contributed by atoms with Gasteiger partial charge in [0.15, 0.2) is 0 Å². The fourth-order valence-electron chi connectivity index (χ4n) is 6.11. The molecule has 0 atom stereocenters. The zero-order valence-corrected chi connectivity index (χ0v) is 20.4. The number of nitrogens with one attached hydrogen (secondary N) is 1. The van der Waals surface area contributed by atoms with Gasteiger partial charge in [0.1, 0.15) is 23.6 Å². The van der Waals surface area contributed by atoms with Crippen LogP contribution in [-0.2, 0) is 14.4 Å². The summed E-state index contributed by atoms with van der Waals surface area (Å²) < 4.78 is 0. The van der Waals surface area contributed by atoms with Crippen LogP contribution in [0.1, 0.15) is 79.5 Å². The molecular weight excluding hydrogens is 438 g/mol. The Balaban J connectivity index is 1.31. The number of aromatic nitrogens is 1. The Morgan fingerprint density at radius 1 is 1.03 bits per heavy atom. The molecule has 0 radical (unpaired) electrons. The van der Waals surface area contributed by atoms with E-state index in [0.717, 1.165) is 66.5 Å². The van der Waals surface area contributed by atoms with Crippen LogP contribution >= 0.6 is 0 Å². The molecule has 2 aromatic rings. The van der Waals surface area contributed by atoms with Crippen molar-refractivity contribution in [3.63, 3.8) is 0 Å². The van der Waals surface area contributed by atoms with Crippen molar-refractivity contribution < 1.29 is 14.4 Å². The standard InChI is InChI=1S/C29H31N3O3/c1-17-11-21(23-6-3-19(15-30)16-31-23)12-18(2)26(17)27-24(33)13-29(14-25(27)34)9-7-22(8-10-29)32-28(35)20-4-5-20/h3,6,11-12,16,20,22,27H,4-5,7-10,13-14H2,1-2H3,(H,32,35). The lowest BCUT2D eigenvalue weighted by Gasteiger charge is -2.43. The average molecular weight is 470 g/mol. The maximum atomic E-state index is 13.4. The van der Waals surface area contributed by atoms with E-state index in [0.29, 0.717) is 18.4 Å². The molecule has 3 aliphatic carbocycles. The molecule has 6 heteroatoms. The fourth-order valence-corrected chi connectivity index (χ4v) is 6.11. The smallest absolute Gasteiger partial charge is 0.223 e. The molecule has 0 unspecified atom stereocenters. The maximum Gasteiger partial charge on any atom is 0.223 e. The number of ketones is 2. The van der Waals surface area contributed by atoms with Crippen molar-refractivity contribution >= 4 is 17.5 Å². The van der Waals surface area contributed by atoms with E-state index in [1.807, 2.05) is 32.0 Å². The van der Waals surface area contributed by atoms with Crippen LogP contribution in [0.15, 0.2) is 30.5 Å². The van der Waals surface area contributed by atoms with Crippen molar-refractivity contribution in [1.29, 1.82) is 5.26 Å². The second kappa shape index (κ2) is 9.03. The fraction of sp³-hybridized carbons (Fsp3) is 0.483. The Morgan fingerprint density at radius 2 is 1.66 bits per heavy atom. The molecule has 0 bridgehead atoms. The van der Waals surface area contributed by atoms with E-state index < -0.39 is 5.92 Å². The number of rotatable bonds is 4. The van der Waals surface area contributed by atoms with Gasteiger partial charge in [-0.3, -0.25) is 19.4 Å². The molecule has 0 saturated heterocycles. The van der Waals surface area contributed by atoms with Crippen molar-refractivity contribution in [1.82, 2.24) is 10.3 Å². The van der Waals surface area contributed by atoms with E-state index in [-0.39, 0.29) is 34.8 Å². The van der Waals surface area contributed by atoms with Crippen molar-refractivity contribution in [2.24, 2.45) is 11.3 Å². The van der Waals surface area contributed by atoms with Crippen LogP contribution in [0.2, 0.25) is 0 Å². The molecule has 3 fully saturated rings. The van der Waals surface area contributed by atoms with Crippen LogP contribution in [-0.4, -0.2) is 28.5 Å². The Labute approximate surface area is 206 Å². The van der Waals surface area contributed by atoms with Gasteiger partial charge in [-0.05, 0) is 98.7 Å². The monoisotopic (exact) mass is 469 g/mol. The molecule has 1 heterocycles. The molecule has 3 saturated carbocycles. The van der Waals surface area contributed by atoms with Gasteiger partial charge in [-0.2, -0.15) is 5.26 Å². The van der Waals surface area contributed by atoms with Crippen molar-refractivity contribution in [2.45, 2.75) is 77.2 Å². The van der Waals surface area contributed by atoms with Gasteiger partial charge < -0.3 is 5.32 Å². The molecule has 1 aromatic heterocycles. The summed E-state index contributed by atoms with van der Waals surface area (Å²) in [6.07, 6.45) is 7.72. The molecule has 6 nitrogen and oxygen atoms in total. The Hall–Kier alpha value is -3.33. The number of hydrogen-bond acceptors (Lipinski definition) is 5. The molecule has 1 amide bonds. The van der Waals surface area contributed by atoms with E-state index in [2.05, 4.69) is 16.4 Å². The lowest BCUT2D eigenvalue weighted by Crippen LogP contribution is -2.46. The van der Waals surface area contributed by atoms with Crippen LogP contribution in [0.25, 0.3) is 11.3 Å². The van der Waals surface area contributed by atoms with E-state index in [4.69, 9.17) is 5.26 Å². The number of hydrogen-bond donors (Lipinski definition) is 1. The number of nitriles is 1. The minimum atomic E-state index is -0.698. The summed E-state index contributed by atoms with van der Waals surface area (Å²) in [5.74, 6) is -0.271. The summed E-state index contributed by atoms with van der Waals surface area (Å²) in [4.78, 5) is 43.4. The van der Waals surface area contributed by atoms with Crippen LogP contribution in [0.4, 0.5) is 0 Å². The average Bonchev–Trinajstić information content (AvgIpc) is 3.68. The lowest BCUT2D eigenvalue weighted by molar-refractivity contribution is -0.138. The van der Waals surface area contributed by atoms with Crippen molar-refractivity contribution in [2.75, 3.05) is 0 Å². The van der Waals surface area contributed by atoms with E-state index in [1.54, 1.807) is 12.3 Å². The molecule has 3 aliphatic rings. The van der Waals surface area contributed by atoms with Gasteiger partial charge in [-0.15, -0.1) is 0 Å². The highest BCUT2D eigenvalue weighted by Gasteiger charge is 2.48. The van der Waals surface area contributed by atoms with Crippen LogP contribution in [0.5, 0.6) is 0 Å². The number of carbonyl (C=O) groups excluding carboxylic acids is 3. The second-order valence-corrected chi connectivity index (χ2v) is 10.8. The van der Waals surface area contributed by atoms with E-state index in [9.17, 15) is 14.4 Å². The Kier molecular flexibility index (Phi) is 6.04. The molecule has 1 N–H and O–H groups in total. The summed E-state index contributed by atoms with van der Waals surface area (Å²) in [6, 6.07) is 9.76. The van der Waals surface area contributed by atoms with E-state index in [1.165, 1.54) is 0 Å². The third-order valence-corrected chi connectivity index (χ3v) is 8.15. The summed E-state index contributed by atoms with van der Waals surface area (Å²) in [6.45, 7) is 3.91. The zero-order valence-electron chi connectivity index (χ0n) is 20.4.